The van der Waals surface area contributed by atoms with Gasteiger partial charge in [0, 0.05) is 18.2 Å². The topological polar surface area (TPSA) is 157 Å². The van der Waals surface area contributed by atoms with E-state index in [9.17, 15) is 29.8 Å². The number of carbonyl (C=O) groups excluding carboxylic acids is 2. The van der Waals surface area contributed by atoms with Crippen molar-refractivity contribution >= 4 is 34.3 Å². The molecule has 0 radical (unpaired) electrons. The molecular formula is C16H10N4O8. The quantitative estimate of drug-likeness (QED) is 0.373. The van der Waals surface area contributed by atoms with Crippen LogP contribution in [0.4, 0.5) is 16.2 Å². The van der Waals surface area contributed by atoms with Crippen LogP contribution in [0.2, 0.25) is 0 Å². The Morgan fingerprint density at radius 3 is 2.32 bits per heavy atom. The standard InChI is InChI=1S/C16H10N4O8/c1-27-15(21)9-6-13-12(14(7-9)20(25)26)8-17-18(13)16(22)28-11-4-2-10(3-5-11)19(23)24/h2-8H,1H3. The van der Waals surface area contributed by atoms with Crippen LogP contribution in [0.25, 0.3) is 10.9 Å². The molecule has 3 rings (SSSR count). The van der Waals surface area contributed by atoms with Crippen molar-refractivity contribution in [1.29, 1.82) is 0 Å². The fourth-order valence-electron chi connectivity index (χ4n) is 2.42. The summed E-state index contributed by atoms with van der Waals surface area (Å²) in [6.07, 6.45) is 0.0613. The van der Waals surface area contributed by atoms with Crippen molar-refractivity contribution in [2.75, 3.05) is 7.11 Å². The minimum atomic E-state index is -1.03. The summed E-state index contributed by atoms with van der Waals surface area (Å²) < 4.78 is 10.4. The smallest absolute Gasteiger partial charge is 0.440 e. The fraction of sp³-hybridized carbons (Fsp3) is 0.0625. The zero-order chi connectivity index (χ0) is 20.4. The number of nitro groups is 2. The van der Waals surface area contributed by atoms with Gasteiger partial charge in [0.05, 0.1) is 39.6 Å². The summed E-state index contributed by atoms with van der Waals surface area (Å²) in [4.78, 5) is 44.8. The maximum atomic E-state index is 12.4. The molecule has 0 aliphatic rings. The monoisotopic (exact) mass is 386 g/mol. The highest BCUT2D eigenvalue weighted by Gasteiger charge is 2.23. The van der Waals surface area contributed by atoms with Gasteiger partial charge in [0.15, 0.2) is 0 Å². The Balaban J connectivity index is 2.01. The number of benzene rings is 2. The van der Waals surface area contributed by atoms with Crippen molar-refractivity contribution in [3.05, 3.63) is 68.4 Å². The zero-order valence-electron chi connectivity index (χ0n) is 14.1. The van der Waals surface area contributed by atoms with Crippen LogP contribution >= 0.6 is 0 Å². The molecule has 0 aliphatic carbocycles. The van der Waals surface area contributed by atoms with Gasteiger partial charge in [0.1, 0.15) is 5.75 Å². The maximum Gasteiger partial charge on any atom is 0.440 e. The molecule has 12 heteroatoms. The summed E-state index contributed by atoms with van der Waals surface area (Å²) in [5.74, 6) is -0.834. The molecule has 0 aliphatic heterocycles. The third-order valence-electron chi connectivity index (χ3n) is 3.71. The molecule has 0 saturated heterocycles. The first-order valence-corrected chi connectivity index (χ1v) is 7.53. The number of rotatable bonds is 4. The number of esters is 1. The van der Waals surface area contributed by atoms with Gasteiger partial charge in [0.25, 0.3) is 11.4 Å². The Labute approximate surface area is 155 Å². The summed E-state index contributed by atoms with van der Waals surface area (Å²) in [7, 11) is 1.11. The molecule has 142 valence electrons. The minimum absolute atomic E-state index is 0.00197. The second kappa shape index (κ2) is 7.11. The van der Waals surface area contributed by atoms with E-state index in [0.717, 1.165) is 36.2 Å². The number of hydrogen-bond acceptors (Lipinski definition) is 9. The minimum Gasteiger partial charge on any atom is -0.465 e. The zero-order valence-corrected chi connectivity index (χ0v) is 14.1. The van der Waals surface area contributed by atoms with Crippen LogP contribution in [0.5, 0.6) is 5.75 Å². The van der Waals surface area contributed by atoms with Crippen molar-refractivity contribution in [3.8, 4) is 5.75 Å². The van der Waals surface area contributed by atoms with Crippen molar-refractivity contribution < 1.29 is 28.9 Å². The van der Waals surface area contributed by atoms with E-state index in [0.29, 0.717) is 0 Å². The van der Waals surface area contributed by atoms with Gasteiger partial charge in [0.2, 0.25) is 0 Å². The fourth-order valence-corrected chi connectivity index (χ4v) is 2.42. The lowest BCUT2D eigenvalue weighted by molar-refractivity contribution is -0.384. The number of nitro benzene ring substituents is 2. The molecule has 0 atom stereocenters. The van der Waals surface area contributed by atoms with Crippen molar-refractivity contribution in [1.82, 2.24) is 9.78 Å². The Kier molecular flexibility index (Phi) is 4.68. The number of fused-ring (bicyclic) bond motifs is 1. The van der Waals surface area contributed by atoms with Gasteiger partial charge < -0.3 is 9.47 Å². The molecular weight excluding hydrogens is 376 g/mol. The van der Waals surface area contributed by atoms with E-state index in [2.05, 4.69) is 9.84 Å². The molecule has 0 N–H and O–H groups in total. The average Bonchev–Trinajstić information content (AvgIpc) is 3.10. The Hall–Kier alpha value is -4.35. The van der Waals surface area contributed by atoms with Gasteiger partial charge in [-0.1, -0.05) is 0 Å². The number of non-ortho nitro benzene ring substituents is 2. The van der Waals surface area contributed by atoms with Crippen LogP contribution in [0.3, 0.4) is 0 Å². The molecule has 0 unspecified atom stereocenters. The Morgan fingerprint density at radius 2 is 1.75 bits per heavy atom. The molecule has 3 aromatic rings. The molecule has 28 heavy (non-hydrogen) atoms. The van der Waals surface area contributed by atoms with E-state index in [1.165, 1.54) is 18.2 Å². The SMILES string of the molecule is COC(=O)c1cc([N+](=O)[O-])c2cnn(C(=O)Oc3ccc([N+](=O)[O-])cc3)c2c1. The highest BCUT2D eigenvalue weighted by atomic mass is 16.6. The van der Waals surface area contributed by atoms with Crippen LogP contribution in [0.1, 0.15) is 10.4 Å². The molecule has 1 aromatic heterocycles. The number of aromatic nitrogens is 2. The predicted molar refractivity (Wildman–Crippen MR) is 92.2 cm³/mol. The molecule has 12 nitrogen and oxygen atoms in total. The molecule has 1 heterocycles. The predicted octanol–water partition coefficient (Wildman–Crippen LogP) is 2.69. The molecule has 0 fully saturated rings. The van der Waals surface area contributed by atoms with E-state index < -0.39 is 27.6 Å². The lowest BCUT2D eigenvalue weighted by atomic mass is 10.1. The van der Waals surface area contributed by atoms with E-state index in [1.54, 1.807) is 0 Å². The molecule has 0 saturated carbocycles. The number of hydrogen-bond donors (Lipinski definition) is 0. The van der Waals surface area contributed by atoms with Gasteiger partial charge in [-0.2, -0.15) is 9.78 Å². The summed E-state index contributed by atoms with van der Waals surface area (Å²) >= 11 is 0. The lowest BCUT2D eigenvalue weighted by Crippen LogP contribution is -2.18. The molecule has 2 aromatic carbocycles. The van der Waals surface area contributed by atoms with Gasteiger partial charge >= 0.3 is 12.1 Å². The maximum absolute atomic E-state index is 12.4. The first kappa shape index (κ1) is 18.4. The summed E-state index contributed by atoms with van der Waals surface area (Å²) in [5, 5.41) is 25.7. The van der Waals surface area contributed by atoms with E-state index in [4.69, 9.17) is 4.74 Å². The highest BCUT2D eigenvalue weighted by molar-refractivity contribution is 6.00. The van der Waals surface area contributed by atoms with Gasteiger partial charge in [-0.3, -0.25) is 20.2 Å². The first-order valence-electron chi connectivity index (χ1n) is 7.53. The van der Waals surface area contributed by atoms with Crippen LogP contribution in [-0.2, 0) is 4.74 Å². The average molecular weight is 386 g/mol. The molecule has 0 spiro atoms. The Morgan fingerprint density at radius 1 is 1.07 bits per heavy atom. The molecule has 0 bridgehead atoms. The van der Waals surface area contributed by atoms with Gasteiger partial charge in [-0.25, -0.2) is 9.59 Å². The Bertz CT molecular complexity index is 1120. The number of nitrogens with zero attached hydrogens (tertiary/aromatic N) is 4. The molecule has 0 amide bonds. The van der Waals surface area contributed by atoms with Crippen molar-refractivity contribution in [3.63, 3.8) is 0 Å². The van der Waals surface area contributed by atoms with E-state index in [-0.39, 0.29) is 27.9 Å². The van der Waals surface area contributed by atoms with Crippen LogP contribution in [-0.4, -0.2) is 38.8 Å². The van der Waals surface area contributed by atoms with Crippen molar-refractivity contribution in [2.45, 2.75) is 0 Å². The number of carbonyl (C=O) groups is 2. The highest BCUT2D eigenvalue weighted by Crippen LogP contribution is 2.28. The van der Waals surface area contributed by atoms with E-state index in [1.807, 2.05) is 0 Å². The second-order valence-electron chi connectivity index (χ2n) is 5.35. The van der Waals surface area contributed by atoms with Crippen molar-refractivity contribution in [2.24, 2.45) is 0 Å². The van der Waals surface area contributed by atoms with E-state index >= 15 is 0 Å². The van der Waals surface area contributed by atoms with Gasteiger partial charge in [-0.05, 0) is 18.2 Å². The lowest BCUT2D eigenvalue weighted by Gasteiger charge is -2.06. The normalized spacial score (nSPS) is 10.5. The van der Waals surface area contributed by atoms with Crippen LogP contribution in [0, 0.1) is 20.2 Å². The first-order chi connectivity index (χ1) is 13.3. The third-order valence-corrected chi connectivity index (χ3v) is 3.71. The summed E-state index contributed by atoms with van der Waals surface area (Å²) in [6, 6.07) is 6.93. The third kappa shape index (κ3) is 3.33. The van der Waals surface area contributed by atoms with Crippen LogP contribution < -0.4 is 4.74 Å². The largest absolute Gasteiger partial charge is 0.465 e. The number of ether oxygens (including phenoxy) is 2. The second-order valence-corrected chi connectivity index (χ2v) is 5.35. The van der Waals surface area contributed by atoms with Crippen LogP contribution in [0.15, 0.2) is 42.6 Å². The van der Waals surface area contributed by atoms with Gasteiger partial charge in [-0.15, -0.1) is 0 Å². The number of methoxy groups -OCH3 is 1. The summed E-state index contributed by atoms with van der Waals surface area (Å²) in [6.45, 7) is 0. The summed E-state index contributed by atoms with van der Waals surface area (Å²) in [5.41, 5.74) is -0.817.